The Hall–Kier alpha value is -1.71. The van der Waals surface area contributed by atoms with Crippen molar-refractivity contribution in [2.75, 3.05) is 6.54 Å². The minimum Gasteiger partial charge on any atom is -0.387 e. The molecule has 2 aromatic rings. The fourth-order valence-corrected chi connectivity index (χ4v) is 2.59. The lowest BCUT2D eigenvalue weighted by molar-refractivity contribution is 0.168. The van der Waals surface area contributed by atoms with Crippen molar-refractivity contribution in [2.45, 2.75) is 25.0 Å². The van der Waals surface area contributed by atoms with E-state index in [1.807, 2.05) is 18.2 Å². The van der Waals surface area contributed by atoms with E-state index >= 15 is 0 Å². The van der Waals surface area contributed by atoms with Gasteiger partial charge in [-0.25, -0.2) is 0 Å². The monoisotopic (exact) mass is 268 g/mol. The van der Waals surface area contributed by atoms with Gasteiger partial charge < -0.3 is 10.4 Å². The van der Waals surface area contributed by atoms with Gasteiger partial charge in [0.15, 0.2) is 0 Å². The maximum atomic E-state index is 10.2. The van der Waals surface area contributed by atoms with Gasteiger partial charge in [0, 0.05) is 25.0 Å². The average Bonchev–Trinajstić information content (AvgIpc) is 3.34. The number of aromatic nitrogens is 1. The van der Waals surface area contributed by atoms with Gasteiger partial charge in [-0.2, -0.15) is 0 Å². The number of hydrogen-bond donors (Lipinski definition) is 2. The van der Waals surface area contributed by atoms with Gasteiger partial charge in [-0.1, -0.05) is 30.3 Å². The largest absolute Gasteiger partial charge is 0.387 e. The van der Waals surface area contributed by atoms with Crippen LogP contribution in [0, 0.1) is 5.92 Å². The zero-order chi connectivity index (χ0) is 13.8. The van der Waals surface area contributed by atoms with E-state index in [2.05, 4.69) is 34.6 Å². The second-order valence-electron chi connectivity index (χ2n) is 5.43. The first-order chi connectivity index (χ1) is 9.84. The van der Waals surface area contributed by atoms with E-state index < -0.39 is 6.10 Å². The molecule has 1 heterocycles. The molecule has 1 aromatic carbocycles. The number of aliphatic hydroxyl groups excluding tert-OH is 1. The fraction of sp³-hybridized carbons (Fsp3) is 0.353. The van der Waals surface area contributed by atoms with Crippen molar-refractivity contribution >= 4 is 0 Å². The summed E-state index contributed by atoms with van der Waals surface area (Å²) in [6.07, 6.45) is 5.50. The van der Waals surface area contributed by atoms with Crippen molar-refractivity contribution in [2.24, 2.45) is 5.92 Å². The second kappa shape index (κ2) is 6.16. The predicted octanol–water partition coefficient (Wildman–Crippen LogP) is 2.86. The smallest absolute Gasteiger partial charge is 0.0915 e. The number of hydrogen-bond acceptors (Lipinski definition) is 3. The number of nitrogens with zero attached hydrogens (tertiary/aromatic N) is 1. The molecule has 1 aromatic heterocycles. The highest BCUT2D eigenvalue weighted by Gasteiger charge is 2.32. The Morgan fingerprint density at radius 1 is 1.05 bits per heavy atom. The number of pyridine rings is 1. The van der Waals surface area contributed by atoms with Gasteiger partial charge in [0.25, 0.3) is 0 Å². The lowest BCUT2D eigenvalue weighted by Crippen LogP contribution is -2.27. The molecule has 0 radical (unpaired) electrons. The van der Waals surface area contributed by atoms with Crippen LogP contribution in [0.25, 0.3) is 0 Å². The molecule has 0 saturated heterocycles. The Kier molecular flexibility index (Phi) is 4.09. The summed E-state index contributed by atoms with van der Waals surface area (Å²) in [6.45, 7) is 0.570. The van der Waals surface area contributed by atoms with Crippen LogP contribution in [0.5, 0.6) is 0 Å². The van der Waals surface area contributed by atoms with Crippen LogP contribution in [0.2, 0.25) is 0 Å². The van der Waals surface area contributed by atoms with Crippen molar-refractivity contribution in [3.05, 3.63) is 66.0 Å². The van der Waals surface area contributed by atoms with Crippen molar-refractivity contribution in [1.29, 1.82) is 0 Å². The molecule has 1 fully saturated rings. The summed E-state index contributed by atoms with van der Waals surface area (Å²) >= 11 is 0. The number of aliphatic hydroxyl groups is 1. The maximum Gasteiger partial charge on any atom is 0.0915 e. The van der Waals surface area contributed by atoms with Crippen LogP contribution in [0.4, 0.5) is 0 Å². The molecule has 1 aliphatic carbocycles. The number of nitrogens with one attached hydrogen (secondary N) is 1. The van der Waals surface area contributed by atoms with Crippen LogP contribution in [-0.4, -0.2) is 16.6 Å². The van der Waals surface area contributed by atoms with Crippen molar-refractivity contribution in [3.63, 3.8) is 0 Å². The summed E-state index contributed by atoms with van der Waals surface area (Å²) in [5.74, 6) is 0.710. The van der Waals surface area contributed by atoms with Crippen LogP contribution in [0.15, 0.2) is 54.9 Å². The van der Waals surface area contributed by atoms with Gasteiger partial charge in [-0.15, -0.1) is 0 Å². The SMILES string of the molecule is O[C@@H](CN[C@@H](c1ccccc1)C1CC1)c1ccncc1. The van der Waals surface area contributed by atoms with Crippen LogP contribution < -0.4 is 5.32 Å². The quantitative estimate of drug-likeness (QED) is 0.846. The molecule has 0 bridgehead atoms. The minimum atomic E-state index is -0.483. The third kappa shape index (κ3) is 3.24. The first kappa shape index (κ1) is 13.3. The first-order valence-corrected chi connectivity index (χ1v) is 7.21. The van der Waals surface area contributed by atoms with E-state index in [1.54, 1.807) is 12.4 Å². The zero-order valence-corrected chi connectivity index (χ0v) is 11.4. The first-order valence-electron chi connectivity index (χ1n) is 7.21. The summed E-state index contributed by atoms with van der Waals surface area (Å²) in [5.41, 5.74) is 2.23. The van der Waals surface area contributed by atoms with E-state index in [4.69, 9.17) is 0 Å². The summed E-state index contributed by atoms with van der Waals surface area (Å²) in [4.78, 5) is 3.98. The Balaban J connectivity index is 1.63. The molecule has 2 N–H and O–H groups in total. The van der Waals surface area contributed by atoms with Crippen LogP contribution in [-0.2, 0) is 0 Å². The van der Waals surface area contributed by atoms with Gasteiger partial charge in [0.05, 0.1) is 6.10 Å². The van der Waals surface area contributed by atoms with E-state index in [0.717, 1.165) is 5.56 Å². The molecule has 3 nitrogen and oxygen atoms in total. The van der Waals surface area contributed by atoms with Crippen LogP contribution in [0.3, 0.4) is 0 Å². The van der Waals surface area contributed by atoms with E-state index in [9.17, 15) is 5.11 Å². The van der Waals surface area contributed by atoms with Gasteiger partial charge in [-0.05, 0) is 42.0 Å². The standard InChI is InChI=1S/C17H20N2O/c20-16(13-8-10-18-11-9-13)12-19-17(15-6-7-15)14-4-2-1-3-5-14/h1-5,8-11,15-17,19-20H,6-7,12H2/t16-,17-/m0/s1. The highest BCUT2D eigenvalue weighted by atomic mass is 16.3. The van der Waals surface area contributed by atoms with Gasteiger partial charge in [0.2, 0.25) is 0 Å². The normalized spacial score (nSPS) is 17.6. The Morgan fingerprint density at radius 3 is 2.40 bits per heavy atom. The molecule has 20 heavy (non-hydrogen) atoms. The Labute approximate surface area is 119 Å². The molecule has 0 amide bonds. The third-order valence-corrected chi connectivity index (χ3v) is 3.87. The lowest BCUT2D eigenvalue weighted by atomic mass is 10.0. The lowest BCUT2D eigenvalue weighted by Gasteiger charge is -2.21. The topological polar surface area (TPSA) is 45.1 Å². The summed E-state index contributed by atoms with van der Waals surface area (Å²) in [6, 6.07) is 14.6. The van der Waals surface area contributed by atoms with E-state index in [1.165, 1.54) is 18.4 Å². The predicted molar refractivity (Wildman–Crippen MR) is 79.1 cm³/mol. The summed E-state index contributed by atoms with van der Waals surface area (Å²) < 4.78 is 0. The summed E-state index contributed by atoms with van der Waals surface area (Å²) in [5, 5.41) is 13.8. The van der Waals surface area contributed by atoms with Gasteiger partial charge >= 0.3 is 0 Å². The van der Waals surface area contributed by atoms with E-state index in [0.29, 0.717) is 18.5 Å². The highest BCUT2D eigenvalue weighted by molar-refractivity contribution is 5.21. The van der Waals surface area contributed by atoms with Crippen LogP contribution in [0.1, 0.15) is 36.1 Å². The second-order valence-corrected chi connectivity index (χ2v) is 5.43. The molecule has 0 unspecified atom stereocenters. The molecule has 3 heteroatoms. The molecule has 104 valence electrons. The molecular formula is C17H20N2O. The van der Waals surface area contributed by atoms with Gasteiger partial charge in [0.1, 0.15) is 0 Å². The van der Waals surface area contributed by atoms with Crippen LogP contribution >= 0.6 is 0 Å². The molecule has 0 spiro atoms. The van der Waals surface area contributed by atoms with Crippen molar-refractivity contribution in [3.8, 4) is 0 Å². The molecular weight excluding hydrogens is 248 g/mol. The highest BCUT2D eigenvalue weighted by Crippen LogP contribution is 2.41. The fourth-order valence-electron chi connectivity index (χ4n) is 2.59. The van der Waals surface area contributed by atoms with Crippen molar-refractivity contribution < 1.29 is 5.11 Å². The minimum absolute atomic E-state index is 0.354. The molecule has 2 atom stereocenters. The van der Waals surface area contributed by atoms with E-state index in [-0.39, 0.29) is 0 Å². The third-order valence-electron chi connectivity index (χ3n) is 3.87. The summed E-state index contributed by atoms with van der Waals surface area (Å²) in [7, 11) is 0. The molecule has 3 rings (SSSR count). The molecule has 1 aliphatic rings. The molecule has 0 aliphatic heterocycles. The number of rotatable bonds is 6. The average molecular weight is 268 g/mol. The Bertz CT molecular complexity index is 525. The van der Waals surface area contributed by atoms with Gasteiger partial charge in [-0.3, -0.25) is 4.98 Å². The van der Waals surface area contributed by atoms with Crippen molar-refractivity contribution in [1.82, 2.24) is 10.3 Å². The molecule has 1 saturated carbocycles. The maximum absolute atomic E-state index is 10.2. The Morgan fingerprint density at radius 2 is 1.75 bits per heavy atom. The number of benzene rings is 1. The zero-order valence-electron chi connectivity index (χ0n) is 11.4.